The maximum atomic E-state index is 11.8. The first-order valence-corrected chi connectivity index (χ1v) is 7.40. The zero-order valence-electron chi connectivity index (χ0n) is 13.1. The van der Waals surface area contributed by atoms with E-state index in [0.29, 0.717) is 0 Å². The van der Waals surface area contributed by atoms with Gasteiger partial charge in [-0.1, -0.05) is 13.8 Å². The number of esters is 1. The van der Waals surface area contributed by atoms with Crippen molar-refractivity contribution in [1.82, 2.24) is 14.9 Å². The van der Waals surface area contributed by atoms with E-state index >= 15 is 0 Å². The van der Waals surface area contributed by atoms with Crippen LogP contribution in [0.5, 0.6) is 0 Å². The Morgan fingerprint density at radius 1 is 1.45 bits per heavy atom. The fraction of sp³-hybridized carbons (Fsp3) is 0.733. The first kappa shape index (κ1) is 16.7. The summed E-state index contributed by atoms with van der Waals surface area (Å²) in [4.78, 5) is 16.2. The summed E-state index contributed by atoms with van der Waals surface area (Å²) in [5.41, 5.74) is -0.577. The molecule has 0 saturated heterocycles. The number of hydrogen-bond donors (Lipinski definition) is 1. The number of imidazole rings is 1. The van der Waals surface area contributed by atoms with Crippen molar-refractivity contribution in [2.75, 3.05) is 13.7 Å². The van der Waals surface area contributed by atoms with Crippen LogP contribution in [0.15, 0.2) is 12.4 Å². The van der Waals surface area contributed by atoms with Crippen LogP contribution in [-0.2, 0) is 22.5 Å². The molecule has 1 heterocycles. The van der Waals surface area contributed by atoms with E-state index in [2.05, 4.69) is 21.8 Å². The van der Waals surface area contributed by atoms with E-state index in [4.69, 9.17) is 4.74 Å². The van der Waals surface area contributed by atoms with E-state index in [9.17, 15) is 4.79 Å². The number of unbranched alkanes of at least 4 members (excludes halogenated alkanes) is 1. The zero-order chi connectivity index (χ0) is 15.0. The summed E-state index contributed by atoms with van der Waals surface area (Å²) < 4.78 is 7.07. The summed E-state index contributed by atoms with van der Waals surface area (Å²) in [6.07, 6.45) is 7.59. The Kier molecular flexibility index (Phi) is 6.71. The van der Waals surface area contributed by atoms with Crippen LogP contribution in [0.1, 0.15) is 45.9 Å². The van der Waals surface area contributed by atoms with E-state index in [0.717, 1.165) is 44.6 Å². The van der Waals surface area contributed by atoms with Crippen LogP contribution in [0.4, 0.5) is 0 Å². The molecule has 0 aromatic carbocycles. The molecule has 0 aliphatic carbocycles. The van der Waals surface area contributed by atoms with Gasteiger partial charge in [0.15, 0.2) is 0 Å². The first-order chi connectivity index (χ1) is 9.57. The molecular weight excluding hydrogens is 254 g/mol. The van der Waals surface area contributed by atoms with Crippen LogP contribution < -0.4 is 5.32 Å². The van der Waals surface area contributed by atoms with Crippen LogP contribution in [0.3, 0.4) is 0 Å². The molecule has 1 N–H and O–H groups in total. The van der Waals surface area contributed by atoms with Crippen LogP contribution in [-0.4, -0.2) is 34.7 Å². The largest absolute Gasteiger partial charge is 0.468 e. The van der Waals surface area contributed by atoms with Crippen molar-refractivity contribution in [2.45, 2.75) is 58.5 Å². The van der Waals surface area contributed by atoms with Gasteiger partial charge < -0.3 is 14.6 Å². The lowest BCUT2D eigenvalue weighted by atomic mass is 9.94. The molecule has 0 amide bonds. The van der Waals surface area contributed by atoms with Gasteiger partial charge in [0.05, 0.1) is 7.11 Å². The molecule has 0 radical (unpaired) electrons. The predicted molar refractivity (Wildman–Crippen MR) is 79.6 cm³/mol. The highest BCUT2D eigenvalue weighted by molar-refractivity contribution is 5.80. The number of nitrogens with zero attached hydrogens (tertiary/aromatic N) is 2. The monoisotopic (exact) mass is 281 g/mol. The maximum absolute atomic E-state index is 11.8. The average molecular weight is 281 g/mol. The summed E-state index contributed by atoms with van der Waals surface area (Å²) in [5.74, 6) is 0.934. The molecule has 1 unspecified atom stereocenters. The summed E-state index contributed by atoms with van der Waals surface area (Å²) in [7, 11) is 1.44. The molecule has 0 fully saturated rings. The van der Waals surface area contributed by atoms with Crippen LogP contribution in [0.2, 0.25) is 0 Å². The Hall–Kier alpha value is -1.36. The molecule has 20 heavy (non-hydrogen) atoms. The second-order valence-electron chi connectivity index (χ2n) is 5.20. The summed E-state index contributed by atoms with van der Waals surface area (Å²) in [6.45, 7) is 7.73. The van der Waals surface area contributed by atoms with Crippen molar-refractivity contribution in [3.63, 3.8) is 0 Å². The van der Waals surface area contributed by atoms with E-state index < -0.39 is 5.54 Å². The van der Waals surface area contributed by atoms with Gasteiger partial charge in [-0.15, -0.1) is 0 Å². The molecule has 0 aliphatic heterocycles. The van der Waals surface area contributed by atoms with Crippen molar-refractivity contribution < 1.29 is 9.53 Å². The molecule has 5 nitrogen and oxygen atoms in total. The quantitative estimate of drug-likeness (QED) is 0.556. The second kappa shape index (κ2) is 8.04. The second-order valence-corrected chi connectivity index (χ2v) is 5.20. The predicted octanol–water partition coefficient (Wildman–Crippen LogP) is 2.16. The normalized spacial score (nSPS) is 14.0. The van der Waals surface area contributed by atoms with Gasteiger partial charge in [0.25, 0.3) is 0 Å². The van der Waals surface area contributed by atoms with Crippen molar-refractivity contribution in [2.24, 2.45) is 0 Å². The molecule has 1 atom stereocenters. The SMILES string of the molecule is CCNC(C)(CCCCn1ccnc1CC)C(=O)OC. The van der Waals surface area contributed by atoms with Gasteiger partial charge in [-0.25, -0.2) is 4.98 Å². The van der Waals surface area contributed by atoms with E-state index in [1.165, 1.54) is 7.11 Å². The molecule has 0 bridgehead atoms. The minimum atomic E-state index is -0.577. The molecule has 114 valence electrons. The minimum Gasteiger partial charge on any atom is -0.468 e. The lowest BCUT2D eigenvalue weighted by molar-refractivity contribution is -0.148. The van der Waals surface area contributed by atoms with Gasteiger partial charge in [0.1, 0.15) is 11.4 Å². The lowest BCUT2D eigenvalue weighted by Gasteiger charge is -2.27. The number of methoxy groups -OCH3 is 1. The minimum absolute atomic E-state index is 0.184. The number of ether oxygens (including phenoxy) is 1. The first-order valence-electron chi connectivity index (χ1n) is 7.40. The molecular formula is C15H27N3O2. The third kappa shape index (κ3) is 4.34. The van der Waals surface area contributed by atoms with Crippen LogP contribution in [0.25, 0.3) is 0 Å². The third-order valence-corrected chi connectivity index (χ3v) is 3.65. The van der Waals surface area contributed by atoms with Gasteiger partial charge in [0, 0.05) is 25.4 Å². The Balaban J connectivity index is 2.43. The number of hydrogen-bond acceptors (Lipinski definition) is 4. The number of aryl methyl sites for hydroxylation is 2. The standard InChI is InChI=1S/C15H27N3O2/c1-5-13-16-10-12-18(13)11-8-7-9-15(3,17-6-2)14(19)20-4/h10,12,17H,5-9,11H2,1-4H3. The Morgan fingerprint density at radius 3 is 2.80 bits per heavy atom. The fourth-order valence-electron chi connectivity index (χ4n) is 2.50. The summed E-state index contributed by atoms with van der Waals surface area (Å²) >= 11 is 0. The van der Waals surface area contributed by atoms with Gasteiger partial charge >= 0.3 is 5.97 Å². The van der Waals surface area contributed by atoms with Crippen LogP contribution in [0, 0.1) is 0 Å². The van der Waals surface area contributed by atoms with Gasteiger partial charge in [-0.2, -0.15) is 0 Å². The molecule has 1 aromatic rings. The number of carbonyl (C=O) groups is 1. The Labute approximate surface area is 121 Å². The fourth-order valence-corrected chi connectivity index (χ4v) is 2.50. The smallest absolute Gasteiger partial charge is 0.325 e. The molecule has 1 aromatic heterocycles. The molecule has 0 aliphatic rings. The number of likely N-dealkylation sites (N-methyl/N-ethyl adjacent to an activating group) is 1. The van der Waals surface area contributed by atoms with E-state index in [1.807, 2.05) is 26.2 Å². The van der Waals surface area contributed by atoms with Gasteiger partial charge in [0.2, 0.25) is 0 Å². The van der Waals surface area contributed by atoms with Crippen LogP contribution >= 0.6 is 0 Å². The van der Waals surface area contributed by atoms with E-state index in [-0.39, 0.29) is 5.97 Å². The van der Waals surface area contributed by atoms with Crippen molar-refractivity contribution in [1.29, 1.82) is 0 Å². The highest BCUT2D eigenvalue weighted by Crippen LogP contribution is 2.16. The number of carbonyl (C=O) groups excluding carboxylic acids is 1. The number of aromatic nitrogens is 2. The van der Waals surface area contributed by atoms with E-state index in [1.54, 1.807) is 0 Å². The Bertz CT molecular complexity index is 417. The molecule has 5 heteroatoms. The average Bonchev–Trinajstić information content (AvgIpc) is 2.90. The summed E-state index contributed by atoms with van der Waals surface area (Å²) in [5, 5.41) is 3.23. The zero-order valence-corrected chi connectivity index (χ0v) is 13.1. The highest BCUT2D eigenvalue weighted by Gasteiger charge is 2.32. The molecule has 0 spiro atoms. The number of rotatable bonds is 9. The highest BCUT2D eigenvalue weighted by atomic mass is 16.5. The maximum Gasteiger partial charge on any atom is 0.325 e. The van der Waals surface area contributed by atoms with Crippen molar-refractivity contribution in [3.05, 3.63) is 18.2 Å². The van der Waals surface area contributed by atoms with Crippen molar-refractivity contribution in [3.8, 4) is 0 Å². The topological polar surface area (TPSA) is 56.2 Å². The van der Waals surface area contributed by atoms with Crippen molar-refractivity contribution >= 4 is 5.97 Å². The molecule has 0 saturated carbocycles. The van der Waals surface area contributed by atoms with Gasteiger partial charge in [-0.3, -0.25) is 4.79 Å². The molecule has 1 rings (SSSR count). The lowest BCUT2D eigenvalue weighted by Crippen LogP contribution is -2.50. The summed E-state index contributed by atoms with van der Waals surface area (Å²) in [6, 6.07) is 0. The third-order valence-electron chi connectivity index (χ3n) is 3.65. The van der Waals surface area contributed by atoms with Gasteiger partial charge in [-0.05, 0) is 32.7 Å². The Morgan fingerprint density at radius 2 is 2.20 bits per heavy atom. The number of nitrogens with one attached hydrogen (secondary N) is 1.